The Morgan fingerprint density at radius 3 is 1.98 bits per heavy atom. The number of aryl methyl sites for hydroxylation is 1. The minimum absolute atomic E-state index is 0.0390. The Balaban J connectivity index is 1.40. The summed E-state index contributed by atoms with van der Waals surface area (Å²) in [6.07, 6.45) is 7.53. The lowest BCUT2D eigenvalue weighted by atomic mass is 9.72. The summed E-state index contributed by atoms with van der Waals surface area (Å²) < 4.78 is 14.6. The Morgan fingerprint density at radius 1 is 0.857 bits per heavy atom. The number of benzene rings is 2. The number of carbonyl (C=O) groups is 2. The molecule has 2 aromatic carbocycles. The topological polar surface area (TPSA) is 111 Å². The number of unbranched alkanes of at least 4 members (excludes halogenated alkanes) is 1. The predicted molar refractivity (Wildman–Crippen MR) is 167 cm³/mol. The first-order chi connectivity index (χ1) is 19.6. The van der Waals surface area contributed by atoms with Crippen molar-refractivity contribution >= 4 is 29.8 Å². The van der Waals surface area contributed by atoms with Crippen LogP contribution in [-0.2, 0) is 16.0 Å². The molecule has 0 saturated heterocycles. The van der Waals surface area contributed by atoms with Crippen molar-refractivity contribution in [1.82, 2.24) is 9.97 Å². The molecule has 0 saturated carbocycles. The van der Waals surface area contributed by atoms with Crippen LogP contribution < -0.4 is 9.46 Å². The second-order valence-corrected chi connectivity index (χ2v) is 13.8. The van der Waals surface area contributed by atoms with Crippen LogP contribution in [0.5, 0.6) is 11.5 Å². The van der Waals surface area contributed by atoms with Crippen molar-refractivity contribution in [3.63, 3.8) is 0 Å². The molecular formula is C33H43N3O5S. The van der Waals surface area contributed by atoms with Gasteiger partial charge in [-0.1, -0.05) is 32.4 Å². The Morgan fingerprint density at radius 2 is 1.43 bits per heavy atom. The molecule has 0 amide bonds. The summed E-state index contributed by atoms with van der Waals surface area (Å²) in [4.78, 5) is 32.5. The number of hydrogen-bond donors (Lipinski definition) is 2. The molecule has 0 unspecified atom stereocenters. The molecule has 0 bridgehead atoms. The van der Waals surface area contributed by atoms with Gasteiger partial charge in [0.1, 0.15) is 17.1 Å². The average Bonchev–Trinajstić information content (AvgIpc) is 2.90. The van der Waals surface area contributed by atoms with Crippen LogP contribution in [0.4, 0.5) is 5.95 Å². The summed E-state index contributed by atoms with van der Waals surface area (Å²) in [7, 11) is 0. The average molecular weight is 594 g/mol. The summed E-state index contributed by atoms with van der Waals surface area (Å²) in [5.74, 6) is 0.638. The van der Waals surface area contributed by atoms with Gasteiger partial charge in [-0.15, -0.1) is 0 Å². The summed E-state index contributed by atoms with van der Waals surface area (Å²) in [5.41, 5.74) is 0.361. The Hall–Kier alpha value is -3.59. The van der Waals surface area contributed by atoms with E-state index in [-0.39, 0.29) is 16.9 Å². The van der Waals surface area contributed by atoms with Crippen LogP contribution in [-0.4, -0.2) is 32.6 Å². The molecule has 0 spiro atoms. The quantitative estimate of drug-likeness (QED) is 0.108. The molecular weight excluding hydrogens is 550 g/mol. The molecule has 1 heterocycles. The van der Waals surface area contributed by atoms with E-state index < -0.39 is 17.0 Å². The zero-order valence-electron chi connectivity index (χ0n) is 25.7. The van der Waals surface area contributed by atoms with E-state index in [2.05, 4.69) is 40.7 Å². The summed E-state index contributed by atoms with van der Waals surface area (Å²) in [6, 6.07) is 15.8. The Kier molecular flexibility index (Phi) is 11.0. The van der Waals surface area contributed by atoms with Crippen molar-refractivity contribution in [3.05, 3.63) is 72.1 Å². The first-order valence-electron chi connectivity index (χ1n) is 14.2. The molecule has 0 aliphatic rings. The van der Waals surface area contributed by atoms with Crippen molar-refractivity contribution < 1.29 is 24.2 Å². The molecule has 8 nitrogen and oxygen atoms in total. The third-order valence-corrected chi connectivity index (χ3v) is 7.38. The van der Waals surface area contributed by atoms with E-state index in [1.165, 1.54) is 29.9 Å². The number of nitrogens with zero attached hydrogens (tertiary/aromatic N) is 2. The number of rotatable bonds is 14. The second kappa shape index (κ2) is 14.1. The van der Waals surface area contributed by atoms with E-state index in [4.69, 9.17) is 14.6 Å². The smallest absolute Gasteiger partial charge is 0.338 e. The molecule has 0 atom stereocenters. The lowest BCUT2D eigenvalue weighted by Gasteiger charge is -2.35. The van der Waals surface area contributed by atoms with Crippen LogP contribution in [0.1, 0.15) is 90.1 Å². The van der Waals surface area contributed by atoms with Crippen molar-refractivity contribution in [2.45, 2.75) is 91.1 Å². The minimum Gasteiger partial charge on any atom is -0.478 e. The van der Waals surface area contributed by atoms with E-state index in [9.17, 15) is 9.59 Å². The second-order valence-electron chi connectivity index (χ2n) is 13.0. The first-order valence-corrected chi connectivity index (χ1v) is 15.0. The lowest BCUT2D eigenvalue weighted by Crippen LogP contribution is -2.36. The van der Waals surface area contributed by atoms with E-state index in [1.54, 1.807) is 0 Å². The SMILES string of the molecule is CC(C)(CCCCc1ccc(Oc2ccc(SNc3ncc(C(=O)O)cn3)cc2)cc1)CC(C)(C)C(=O)OC(C)(C)C. The van der Waals surface area contributed by atoms with Crippen molar-refractivity contribution in [3.8, 4) is 11.5 Å². The van der Waals surface area contributed by atoms with E-state index >= 15 is 0 Å². The fraction of sp³-hybridized carbons (Fsp3) is 0.455. The fourth-order valence-electron chi connectivity index (χ4n) is 4.74. The third-order valence-electron chi connectivity index (χ3n) is 6.58. The number of esters is 1. The standard InChI is InChI=1S/C33H43N3O5S/c1-31(2,3)41-29(39)33(6,7)22-32(4,5)19-9-8-10-23-11-13-25(14-12-23)40-26-15-17-27(18-16-26)42-36-30-34-20-24(21-35-30)28(37)38/h11-18,20-21H,8-10,19,22H2,1-7H3,(H,37,38)(H,34,35,36). The normalized spacial score (nSPS) is 12.1. The van der Waals surface area contributed by atoms with E-state index in [0.717, 1.165) is 48.5 Å². The van der Waals surface area contributed by atoms with Gasteiger partial charge in [0.2, 0.25) is 5.95 Å². The molecule has 3 rings (SSSR count). The first kappa shape index (κ1) is 32.9. The van der Waals surface area contributed by atoms with Gasteiger partial charge in [0.15, 0.2) is 0 Å². The van der Waals surface area contributed by atoms with Gasteiger partial charge < -0.3 is 14.6 Å². The van der Waals surface area contributed by atoms with Crippen LogP contribution in [0, 0.1) is 10.8 Å². The Labute approximate surface area is 253 Å². The number of carbonyl (C=O) groups excluding carboxylic acids is 1. The zero-order chi connectivity index (χ0) is 31.0. The van der Waals surface area contributed by atoms with Gasteiger partial charge >= 0.3 is 11.9 Å². The van der Waals surface area contributed by atoms with Gasteiger partial charge in [-0.2, -0.15) is 0 Å². The molecule has 0 radical (unpaired) electrons. The number of nitrogens with one attached hydrogen (secondary N) is 1. The number of aromatic nitrogens is 2. The highest BCUT2D eigenvalue weighted by atomic mass is 32.2. The maximum absolute atomic E-state index is 12.7. The highest BCUT2D eigenvalue weighted by molar-refractivity contribution is 8.00. The van der Waals surface area contributed by atoms with Gasteiger partial charge in [-0.3, -0.25) is 9.52 Å². The van der Waals surface area contributed by atoms with Crippen LogP contribution in [0.2, 0.25) is 0 Å². The highest BCUT2D eigenvalue weighted by Crippen LogP contribution is 2.39. The van der Waals surface area contributed by atoms with Gasteiger partial charge in [0, 0.05) is 17.3 Å². The van der Waals surface area contributed by atoms with Crippen LogP contribution in [0.25, 0.3) is 0 Å². The molecule has 42 heavy (non-hydrogen) atoms. The maximum atomic E-state index is 12.7. The monoisotopic (exact) mass is 593 g/mol. The number of carboxylic acid groups (broad SMARTS) is 1. The molecule has 0 aliphatic heterocycles. The van der Waals surface area contributed by atoms with Crippen molar-refractivity contribution in [2.75, 3.05) is 4.72 Å². The van der Waals surface area contributed by atoms with Gasteiger partial charge in [0.25, 0.3) is 0 Å². The number of anilines is 1. The number of aromatic carboxylic acids is 1. The van der Waals surface area contributed by atoms with E-state index in [0.29, 0.717) is 5.95 Å². The zero-order valence-corrected chi connectivity index (χ0v) is 26.5. The number of ether oxygens (including phenoxy) is 2. The summed E-state index contributed by atoms with van der Waals surface area (Å²) >= 11 is 1.32. The van der Waals surface area contributed by atoms with Crippen LogP contribution in [0.3, 0.4) is 0 Å². The molecule has 0 fully saturated rings. The molecule has 2 N–H and O–H groups in total. The molecule has 226 valence electrons. The highest BCUT2D eigenvalue weighted by Gasteiger charge is 2.37. The lowest BCUT2D eigenvalue weighted by molar-refractivity contribution is -0.167. The number of carboxylic acids is 1. The largest absolute Gasteiger partial charge is 0.478 e. The van der Waals surface area contributed by atoms with Gasteiger partial charge in [-0.05, 0) is 120 Å². The van der Waals surface area contributed by atoms with E-state index in [1.807, 2.05) is 71.0 Å². The number of hydrogen-bond acceptors (Lipinski definition) is 8. The predicted octanol–water partition coefficient (Wildman–Crippen LogP) is 8.58. The van der Waals surface area contributed by atoms with Gasteiger partial charge in [0.05, 0.1) is 11.0 Å². The van der Waals surface area contributed by atoms with Gasteiger partial charge in [-0.25, -0.2) is 14.8 Å². The Bertz CT molecular complexity index is 1320. The molecule has 1 aromatic heterocycles. The minimum atomic E-state index is -1.06. The molecule has 0 aliphatic carbocycles. The van der Waals surface area contributed by atoms with Crippen LogP contribution in [0.15, 0.2) is 65.8 Å². The summed E-state index contributed by atoms with van der Waals surface area (Å²) in [6.45, 7) is 14.2. The molecule has 3 aromatic rings. The van der Waals surface area contributed by atoms with Crippen LogP contribution >= 0.6 is 11.9 Å². The van der Waals surface area contributed by atoms with Crippen molar-refractivity contribution in [2.24, 2.45) is 10.8 Å². The summed E-state index contributed by atoms with van der Waals surface area (Å²) in [5, 5.41) is 8.93. The fourth-order valence-corrected chi connectivity index (χ4v) is 5.32. The third kappa shape index (κ3) is 11.0. The maximum Gasteiger partial charge on any atom is 0.338 e. The van der Waals surface area contributed by atoms with Crippen molar-refractivity contribution in [1.29, 1.82) is 0 Å². The molecule has 9 heteroatoms.